The largest absolute Gasteiger partial charge is 0.493 e. The zero-order valence-electron chi connectivity index (χ0n) is 16.5. The lowest BCUT2D eigenvalue weighted by Gasteiger charge is -2.27. The average Bonchev–Trinajstić information content (AvgIpc) is 2.78. The van der Waals surface area contributed by atoms with Crippen LogP contribution in [0, 0.1) is 0 Å². The molecule has 0 aliphatic carbocycles. The summed E-state index contributed by atoms with van der Waals surface area (Å²) in [5.41, 5.74) is 4.18. The first-order chi connectivity index (χ1) is 15.1. The van der Waals surface area contributed by atoms with Crippen molar-refractivity contribution in [1.82, 2.24) is 5.32 Å². The summed E-state index contributed by atoms with van der Waals surface area (Å²) in [6, 6.07) is 18.9. The summed E-state index contributed by atoms with van der Waals surface area (Å²) < 4.78 is 11.7. The summed E-state index contributed by atoms with van der Waals surface area (Å²) in [4.78, 5) is 13.0. The Hall–Kier alpha value is -2.95. The number of para-hydroxylation sites is 2. The van der Waals surface area contributed by atoms with Gasteiger partial charge in [-0.2, -0.15) is 0 Å². The molecule has 156 valence electrons. The first-order valence-corrected chi connectivity index (χ1v) is 10.8. The number of hydrogen-bond donors (Lipinski definition) is 1. The molecule has 1 amide bonds. The predicted molar refractivity (Wildman–Crippen MR) is 123 cm³/mol. The lowest BCUT2D eigenvalue weighted by atomic mass is 9.97. The monoisotopic (exact) mass is 451 g/mol. The molecule has 5 rings (SSSR count). The number of hydrogen-bond acceptors (Lipinski definition) is 3. The highest BCUT2D eigenvalue weighted by molar-refractivity contribution is 6.35. The van der Waals surface area contributed by atoms with E-state index in [-0.39, 0.29) is 18.6 Å². The zero-order chi connectivity index (χ0) is 21.4. The van der Waals surface area contributed by atoms with Gasteiger partial charge in [0.25, 0.3) is 5.91 Å². The molecule has 2 aliphatic heterocycles. The number of amides is 1. The van der Waals surface area contributed by atoms with Crippen molar-refractivity contribution in [2.75, 3.05) is 13.2 Å². The van der Waals surface area contributed by atoms with E-state index in [1.807, 2.05) is 60.7 Å². The van der Waals surface area contributed by atoms with Crippen LogP contribution in [-0.2, 0) is 4.79 Å². The zero-order valence-corrected chi connectivity index (χ0v) is 18.0. The highest BCUT2D eigenvalue weighted by atomic mass is 35.5. The number of fused-ring (bicyclic) bond motifs is 2. The Balaban J connectivity index is 1.42. The molecule has 2 heterocycles. The van der Waals surface area contributed by atoms with Gasteiger partial charge in [0.2, 0.25) is 0 Å². The highest BCUT2D eigenvalue weighted by Crippen LogP contribution is 2.39. The maximum absolute atomic E-state index is 13.0. The molecule has 31 heavy (non-hydrogen) atoms. The molecule has 0 spiro atoms. The quantitative estimate of drug-likeness (QED) is 0.524. The lowest BCUT2D eigenvalue weighted by molar-refractivity contribution is -0.118. The fourth-order valence-electron chi connectivity index (χ4n) is 4.02. The third-order valence-electron chi connectivity index (χ3n) is 5.48. The van der Waals surface area contributed by atoms with E-state index in [0.717, 1.165) is 34.4 Å². The first-order valence-electron chi connectivity index (χ1n) is 10.0. The third kappa shape index (κ3) is 4.01. The van der Waals surface area contributed by atoms with E-state index >= 15 is 0 Å². The summed E-state index contributed by atoms with van der Waals surface area (Å²) in [5.74, 6) is 1.40. The Morgan fingerprint density at radius 2 is 1.77 bits per heavy atom. The van der Waals surface area contributed by atoms with Gasteiger partial charge in [-0.15, -0.1) is 0 Å². The van der Waals surface area contributed by atoms with E-state index in [1.165, 1.54) is 0 Å². The molecular formula is C25H19Cl2NO3. The van der Waals surface area contributed by atoms with E-state index in [2.05, 4.69) is 5.32 Å². The maximum Gasteiger partial charge on any atom is 0.251 e. The molecule has 0 saturated heterocycles. The van der Waals surface area contributed by atoms with Crippen LogP contribution >= 0.6 is 23.2 Å². The number of halogens is 2. The minimum atomic E-state index is -0.136. The summed E-state index contributed by atoms with van der Waals surface area (Å²) in [7, 11) is 0. The van der Waals surface area contributed by atoms with Crippen LogP contribution < -0.4 is 14.8 Å². The van der Waals surface area contributed by atoms with E-state index in [0.29, 0.717) is 28.0 Å². The molecule has 2 aliphatic rings. The number of nitrogens with one attached hydrogen (secondary N) is 1. The topological polar surface area (TPSA) is 47.6 Å². The van der Waals surface area contributed by atoms with Gasteiger partial charge in [-0.05, 0) is 35.9 Å². The van der Waals surface area contributed by atoms with Crippen molar-refractivity contribution in [2.24, 2.45) is 0 Å². The number of carbonyl (C=O) groups is 1. The minimum Gasteiger partial charge on any atom is -0.493 e. The van der Waals surface area contributed by atoms with Crippen LogP contribution in [0.2, 0.25) is 10.0 Å². The van der Waals surface area contributed by atoms with Gasteiger partial charge in [-0.3, -0.25) is 4.79 Å². The van der Waals surface area contributed by atoms with Crippen LogP contribution in [0.25, 0.3) is 17.2 Å². The molecule has 1 atom stereocenters. The van der Waals surface area contributed by atoms with Crippen LogP contribution in [0.15, 0.2) is 66.2 Å². The summed E-state index contributed by atoms with van der Waals surface area (Å²) in [6.07, 6.45) is 2.61. The summed E-state index contributed by atoms with van der Waals surface area (Å²) >= 11 is 12.4. The Labute approximate surface area is 190 Å². The number of benzene rings is 3. The highest BCUT2D eigenvalue weighted by Gasteiger charge is 2.26. The average molecular weight is 452 g/mol. The number of carbonyl (C=O) groups excluding carboxylic acids is 1. The van der Waals surface area contributed by atoms with Crippen molar-refractivity contribution in [3.8, 4) is 22.6 Å². The minimum absolute atomic E-state index is 0.0836. The van der Waals surface area contributed by atoms with Gasteiger partial charge in [-0.25, -0.2) is 0 Å². The van der Waals surface area contributed by atoms with Crippen LogP contribution in [0.5, 0.6) is 11.5 Å². The number of rotatable bonds is 3. The standard InChI is InChI=1S/C25H19Cl2NO3/c26-18-11-16(12-19(27)13-18)20-6-3-4-15-10-17(14-31-24(15)20)25(29)28-22-8-9-30-23-7-2-1-5-21(22)23/h1-7,10-13,22H,8-9,14H2,(H,28,29). The fraction of sp³-hybridized carbons (Fsp3) is 0.160. The van der Waals surface area contributed by atoms with Gasteiger partial charge >= 0.3 is 0 Å². The Morgan fingerprint density at radius 1 is 0.968 bits per heavy atom. The van der Waals surface area contributed by atoms with Gasteiger partial charge in [0.1, 0.15) is 18.1 Å². The van der Waals surface area contributed by atoms with Crippen LogP contribution in [0.4, 0.5) is 0 Å². The van der Waals surface area contributed by atoms with Crippen molar-refractivity contribution < 1.29 is 14.3 Å². The second-order valence-corrected chi connectivity index (χ2v) is 8.41. The van der Waals surface area contributed by atoms with Gasteiger partial charge in [0.15, 0.2) is 0 Å². The first kappa shape index (κ1) is 20.0. The van der Waals surface area contributed by atoms with Crippen LogP contribution in [-0.4, -0.2) is 19.1 Å². The molecule has 3 aromatic carbocycles. The van der Waals surface area contributed by atoms with Gasteiger partial charge < -0.3 is 14.8 Å². The molecule has 1 N–H and O–H groups in total. The second-order valence-electron chi connectivity index (χ2n) is 7.54. The van der Waals surface area contributed by atoms with E-state index in [1.54, 1.807) is 6.07 Å². The van der Waals surface area contributed by atoms with Crippen molar-refractivity contribution in [1.29, 1.82) is 0 Å². The molecule has 0 fully saturated rings. The molecule has 0 saturated carbocycles. The summed E-state index contributed by atoms with van der Waals surface area (Å²) in [5, 5.41) is 4.25. The molecule has 1 unspecified atom stereocenters. The van der Waals surface area contributed by atoms with Gasteiger partial charge in [-0.1, -0.05) is 59.6 Å². The molecule has 3 aromatic rings. The molecule has 0 aromatic heterocycles. The Bertz CT molecular complexity index is 1180. The molecule has 6 heteroatoms. The maximum atomic E-state index is 13.0. The van der Waals surface area contributed by atoms with Crippen molar-refractivity contribution in [3.05, 3.63) is 87.4 Å². The van der Waals surface area contributed by atoms with Crippen molar-refractivity contribution in [3.63, 3.8) is 0 Å². The third-order valence-corrected chi connectivity index (χ3v) is 5.91. The smallest absolute Gasteiger partial charge is 0.251 e. The molecular weight excluding hydrogens is 433 g/mol. The Morgan fingerprint density at radius 3 is 2.61 bits per heavy atom. The SMILES string of the molecule is O=C(NC1CCOc2ccccc21)C1=Cc2cccc(-c3cc(Cl)cc(Cl)c3)c2OC1. The normalized spacial score (nSPS) is 16.8. The van der Waals surface area contributed by atoms with E-state index < -0.39 is 0 Å². The fourth-order valence-corrected chi connectivity index (χ4v) is 4.55. The number of ether oxygens (including phenoxy) is 2. The molecule has 0 radical (unpaired) electrons. The van der Waals surface area contributed by atoms with Gasteiger partial charge in [0.05, 0.1) is 18.2 Å². The van der Waals surface area contributed by atoms with Gasteiger partial charge in [0, 0.05) is 33.2 Å². The Kier molecular flexibility index (Phi) is 5.34. The predicted octanol–water partition coefficient (Wildman–Crippen LogP) is 6.08. The van der Waals surface area contributed by atoms with Crippen LogP contribution in [0.3, 0.4) is 0 Å². The lowest BCUT2D eigenvalue weighted by Crippen LogP contribution is -2.34. The van der Waals surface area contributed by atoms with Crippen molar-refractivity contribution >= 4 is 35.2 Å². The molecule has 0 bridgehead atoms. The van der Waals surface area contributed by atoms with Crippen LogP contribution in [0.1, 0.15) is 23.6 Å². The van der Waals surface area contributed by atoms with E-state index in [4.69, 9.17) is 32.7 Å². The second kappa shape index (κ2) is 8.29. The van der Waals surface area contributed by atoms with Crippen molar-refractivity contribution in [2.45, 2.75) is 12.5 Å². The van der Waals surface area contributed by atoms with E-state index in [9.17, 15) is 4.79 Å². The molecule has 4 nitrogen and oxygen atoms in total. The summed E-state index contributed by atoms with van der Waals surface area (Å²) in [6.45, 7) is 0.765.